The third-order valence-corrected chi connectivity index (χ3v) is 9.27. The van der Waals surface area contributed by atoms with Gasteiger partial charge >= 0.3 is 7.12 Å². The van der Waals surface area contributed by atoms with Crippen LogP contribution in [0.5, 0.6) is 0 Å². The molecule has 1 unspecified atom stereocenters. The molecule has 1 amide bonds. The van der Waals surface area contributed by atoms with Gasteiger partial charge in [-0.25, -0.2) is 0 Å². The van der Waals surface area contributed by atoms with E-state index < -0.39 is 13.4 Å². The first-order valence-electron chi connectivity index (χ1n) is 12.4. The Bertz CT molecular complexity index is 1050. The second-order valence-corrected chi connectivity index (χ2v) is 12.0. The lowest BCUT2D eigenvalue weighted by Crippen LogP contribution is -2.63. The van der Waals surface area contributed by atoms with Crippen LogP contribution in [0.25, 0.3) is 0 Å². The summed E-state index contributed by atoms with van der Waals surface area (Å²) in [4.78, 5) is 18.6. The smallest absolute Gasteiger partial charge is 0.404 e. The number of carbonyl (C=O) groups is 1. The molecule has 1 aliphatic heterocycles. The van der Waals surface area contributed by atoms with Gasteiger partial charge in [-0.2, -0.15) is 0 Å². The first-order valence-corrected chi connectivity index (χ1v) is 13.3. The average molecular weight is 498 g/mol. The molecule has 2 aromatic rings. The predicted octanol–water partition coefficient (Wildman–Crippen LogP) is 3.97. The summed E-state index contributed by atoms with van der Waals surface area (Å²) in [6, 6.07) is 7.77. The minimum atomic E-state index is -0.529. The Morgan fingerprint density at radius 3 is 2.80 bits per heavy atom. The van der Waals surface area contributed by atoms with Crippen molar-refractivity contribution in [3.63, 3.8) is 0 Å². The largest absolute Gasteiger partial charge is 0.482 e. The number of hydrogen-bond donors (Lipinski definition) is 1. The van der Waals surface area contributed by atoms with Crippen LogP contribution in [-0.4, -0.2) is 49.9 Å². The number of pyridine rings is 1. The van der Waals surface area contributed by atoms with Crippen molar-refractivity contribution in [2.45, 2.75) is 70.4 Å². The normalized spacial score (nSPS) is 29.5. The monoisotopic (exact) mass is 498 g/mol. The predicted molar refractivity (Wildman–Crippen MR) is 135 cm³/mol. The van der Waals surface area contributed by atoms with Crippen molar-refractivity contribution in [3.8, 4) is 0 Å². The van der Waals surface area contributed by atoms with Crippen LogP contribution in [0.4, 0.5) is 0 Å². The number of thiophene rings is 1. The SMILES string of the molecule is COC(OC)c1ccnc(C[C@@H](NC(=O)Cc2cccs2)B2OC3[C@@H]4C[C@H](C[C@]3(C)O2)C4(C)C)c1. The first kappa shape index (κ1) is 24.9. The van der Waals surface area contributed by atoms with Crippen molar-refractivity contribution in [3.05, 3.63) is 52.0 Å². The molecule has 5 atom stereocenters. The van der Waals surface area contributed by atoms with E-state index in [9.17, 15) is 4.79 Å². The molecule has 1 N–H and O–H groups in total. The molecule has 0 spiro atoms. The molecule has 2 aromatic heterocycles. The molecule has 4 aliphatic rings. The minimum Gasteiger partial charge on any atom is -0.404 e. The van der Waals surface area contributed by atoms with Crippen molar-refractivity contribution >= 4 is 24.4 Å². The highest BCUT2D eigenvalue weighted by Gasteiger charge is 2.67. The molecule has 4 fully saturated rings. The van der Waals surface area contributed by atoms with Crippen molar-refractivity contribution < 1.29 is 23.6 Å². The fourth-order valence-corrected chi connectivity index (χ4v) is 7.01. The Kier molecular flexibility index (Phi) is 6.83. The number of hydrogen-bond acceptors (Lipinski definition) is 7. The molecule has 9 heteroatoms. The molecular weight excluding hydrogens is 463 g/mol. The van der Waals surface area contributed by atoms with Crippen LogP contribution < -0.4 is 5.32 Å². The average Bonchev–Trinajstić information content (AvgIpc) is 3.46. The van der Waals surface area contributed by atoms with Crippen LogP contribution in [0.1, 0.15) is 56.0 Å². The lowest BCUT2D eigenvalue weighted by molar-refractivity contribution is -0.185. The van der Waals surface area contributed by atoms with Crippen molar-refractivity contribution in [1.29, 1.82) is 0 Å². The maximum atomic E-state index is 13.0. The topological polar surface area (TPSA) is 78.9 Å². The fourth-order valence-electron chi connectivity index (χ4n) is 6.31. The molecule has 0 aromatic carbocycles. The van der Waals surface area contributed by atoms with Crippen molar-refractivity contribution in [1.82, 2.24) is 10.3 Å². The Morgan fingerprint density at radius 1 is 1.31 bits per heavy atom. The van der Waals surface area contributed by atoms with Gasteiger partial charge in [0.1, 0.15) is 0 Å². The standard InChI is InChI=1S/C26H35BN2O5S/c1-25(2)17-12-20(25)23-26(3,15-17)34-27(33-23)21(29-22(30)14-19-7-6-10-35-19)13-18-11-16(8-9-28-18)24(31-4)32-5/h6-11,17,20-21,23-24H,12-15H2,1-5H3,(H,29,30)/t17-,20+,21-,23?,26+/m1/s1. The maximum Gasteiger partial charge on any atom is 0.482 e. The molecule has 0 radical (unpaired) electrons. The highest BCUT2D eigenvalue weighted by molar-refractivity contribution is 7.10. The molecule has 188 valence electrons. The fraction of sp³-hybridized carbons (Fsp3) is 0.615. The van der Waals surface area contributed by atoms with E-state index in [1.807, 2.05) is 29.6 Å². The number of nitrogens with zero attached hydrogens (tertiary/aromatic N) is 1. The van der Waals surface area contributed by atoms with Crippen LogP contribution in [0.3, 0.4) is 0 Å². The Hall–Kier alpha value is -1.78. The first-order chi connectivity index (χ1) is 16.7. The summed E-state index contributed by atoms with van der Waals surface area (Å²) in [5, 5.41) is 5.20. The molecule has 6 rings (SSSR count). The summed E-state index contributed by atoms with van der Waals surface area (Å²) in [5.41, 5.74) is 1.64. The zero-order chi connectivity index (χ0) is 24.8. The van der Waals surface area contributed by atoms with Gasteiger partial charge in [-0.1, -0.05) is 19.9 Å². The second kappa shape index (κ2) is 9.59. The summed E-state index contributed by atoms with van der Waals surface area (Å²) >= 11 is 1.58. The maximum absolute atomic E-state index is 13.0. The summed E-state index contributed by atoms with van der Waals surface area (Å²) < 4.78 is 24.1. The summed E-state index contributed by atoms with van der Waals surface area (Å²) in [5.74, 6) is 0.722. The van der Waals surface area contributed by atoms with Crippen LogP contribution in [0, 0.1) is 17.3 Å². The van der Waals surface area contributed by atoms with E-state index in [2.05, 4.69) is 31.1 Å². The van der Waals surface area contributed by atoms with Crippen LogP contribution >= 0.6 is 11.3 Å². The molecule has 3 heterocycles. The second-order valence-electron chi connectivity index (χ2n) is 10.9. The van der Waals surface area contributed by atoms with Gasteiger partial charge in [-0.15, -0.1) is 11.3 Å². The number of rotatable bonds is 9. The Labute approximate surface area is 212 Å². The number of nitrogens with one attached hydrogen (secondary N) is 1. The minimum absolute atomic E-state index is 0.0369. The van der Waals surface area contributed by atoms with Gasteiger partial charge in [0.2, 0.25) is 5.91 Å². The van der Waals surface area contributed by atoms with Crippen molar-refractivity contribution in [2.24, 2.45) is 17.3 Å². The highest BCUT2D eigenvalue weighted by atomic mass is 32.1. The van der Waals surface area contributed by atoms with Crippen molar-refractivity contribution in [2.75, 3.05) is 14.2 Å². The lowest BCUT2D eigenvalue weighted by atomic mass is 9.45. The van der Waals surface area contributed by atoms with Gasteiger partial charge < -0.3 is 24.1 Å². The quantitative estimate of drug-likeness (QED) is 0.417. The summed E-state index contributed by atoms with van der Waals surface area (Å²) in [7, 11) is 2.69. The highest BCUT2D eigenvalue weighted by Crippen LogP contribution is 2.64. The summed E-state index contributed by atoms with van der Waals surface area (Å²) in [6.45, 7) is 6.87. The number of aromatic nitrogens is 1. The molecule has 35 heavy (non-hydrogen) atoms. The van der Waals surface area contributed by atoms with Crippen LogP contribution in [0.2, 0.25) is 0 Å². The zero-order valence-electron chi connectivity index (χ0n) is 21.2. The van der Waals surface area contributed by atoms with E-state index in [0.29, 0.717) is 24.7 Å². The van der Waals surface area contributed by atoms with E-state index in [-0.39, 0.29) is 29.0 Å². The Morgan fingerprint density at radius 2 is 2.11 bits per heavy atom. The lowest BCUT2D eigenvalue weighted by Gasteiger charge is -2.63. The van der Waals surface area contributed by atoms with Gasteiger partial charge in [0.25, 0.3) is 0 Å². The van der Waals surface area contributed by atoms with Gasteiger partial charge in [-0.05, 0) is 60.6 Å². The third kappa shape index (κ3) is 4.69. The molecule has 1 saturated heterocycles. The third-order valence-electron chi connectivity index (χ3n) is 8.39. The van der Waals surface area contributed by atoms with Gasteiger partial charge in [0.15, 0.2) is 6.29 Å². The molecule has 3 aliphatic carbocycles. The number of ether oxygens (including phenoxy) is 2. The van der Waals surface area contributed by atoms with E-state index in [0.717, 1.165) is 22.6 Å². The number of amides is 1. The molecule has 3 saturated carbocycles. The molecular formula is C26H35BN2O5S. The van der Waals surface area contributed by atoms with Gasteiger partial charge in [0, 0.05) is 43.0 Å². The molecule has 7 nitrogen and oxygen atoms in total. The number of carbonyl (C=O) groups excluding carboxylic acids is 1. The zero-order valence-corrected chi connectivity index (χ0v) is 22.0. The summed E-state index contributed by atoms with van der Waals surface area (Å²) in [6.07, 6.45) is 4.31. The van der Waals surface area contributed by atoms with E-state index in [1.165, 1.54) is 6.42 Å². The van der Waals surface area contributed by atoms with E-state index in [1.54, 1.807) is 31.8 Å². The van der Waals surface area contributed by atoms with Crippen LogP contribution in [-0.2, 0) is 36.4 Å². The Balaban J connectivity index is 1.37. The number of methoxy groups -OCH3 is 2. The van der Waals surface area contributed by atoms with E-state index >= 15 is 0 Å². The van der Waals surface area contributed by atoms with Gasteiger partial charge in [-0.3, -0.25) is 9.78 Å². The van der Waals surface area contributed by atoms with Gasteiger partial charge in [0.05, 0.1) is 24.1 Å². The van der Waals surface area contributed by atoms with Crippen LogP contribution in [0.15, 0.2) is 35.8 Å². The van der Waals surface area contributed by atoms with E-state index in [4.69, 9.17) is 18.8 Å². The molecule has 2 bridgehead atoms.